The first kappa shape index (κ1) is 9.66. The SMILES string of the molecule is CCOCC(=O)Nc1cnnn1C. The van der Waals surface area contributed by atoms with Crippen molar-refractivity contribution in [2.75, 3.05) is 18.5 Å². The van der Waals surface area contributed by atoms with Gasteiger partial charge in [0.2, 0.25) is 0 Å². The number of carbonyl (C=O) groups excluding carboxylic acids is 1. The number of hydrogen-bond acceptors (Lipinski definition) is 4. The van der Waals surface area contributed by atoms with Crippen molar-refractivity contribution in [2.24, 2.45) is 7.05 Å². The van der Waals surface area contributed by atoms with E-state index in [9.17, 15) is 4.79 Å². The van der Waals surface area contributed by atoms with Gasteiger partial charge in [0.1, 0.15) is 6.61 Å². The van der Waals surface area contributed by atoms with Crippen molar-refractivity contribution in [1.82, 2.24) is 15.0 Å². The number of nitrogens with zero attached hydrogens (tertiary/aromatic N) is 3. The number of aromatic nitrogens is 3. The number of amides is 1. The molecule has 0 bridgehead atoms. The molecule has 0 aliphatic rings. The summed E-state index contributed by atoms with van der Waals surface area (Å²) in [5, 5.41) is 9.87. The standard InChI is InChI=1S/C7H12N4O2/c1-3-13-5-7(12)9-6-4-8-10-11(6)2/h4H,3,5H2,1-2H3,(H,9,12). The van der Waals surface area contributed by atoms with Gasteiger partial charge in [0.15, 0.2) is 5.82 Å². The summed E-state index contributed by atoms with van der Waals surface area (Å²) in [5.74, 6) is 0.358. The van der Waals surface area contributed by atoms with Gasteiger partial charge in [-0.2, -0.15) is 0 Å². The Morgan fingerprint density at radius 1 is 1.77 bits per heavy atom. The minimum atomic E-state index is -0.202. The van der Waals surface area contributed by atoms with Gasteiger partial charge in [-0.05, 0) is 6.92 Å². The Morgan fingerprint density at radius 3 is 3.08 bits per heavy atom. The molecule has 1 N–H and O–H groups in total. The molecule has 1 aromatic rings. The summed E-state index contributed by atoms with van der Waals surface area (Å²) >= 11 is 0. The maximum Gasteiger partial charge on any atom is 0.251 e. The van der Waals surface area contributed by atoms with Gasteiger partial charge in [-0.1, -0.05) is 5.21 Å². The molecule has 1 rings (SSSR count). The summed E-state index contributed by atoms with van der Waals surface area (Å²) in [4.78, 5) is 11.1. The Labute approximate surface area is 75.9 Å². The van der Waals surface area contributed by atoms with E-state index in [0.29, 0.717) is 12.4 Å². The molecule has 72 valence electrons. The highest BCUT2D eigenvalue weighted by molar-refractivity contribution is 5.90. The van der Waals surface area contributed by atoms with Crippen molar-refractivity contribution in [3.63, 3.8) is 0 Å². The average Bonchev–Trinajstić information content (AvgIpc) is 2.48. The molecule has 1 aromatic heterocycles. The van der Waals surface area contributed by atoms with E-state index in [1.54, 1.807) is 7.05 Å². The van der Waals surface area contributed by atoms with Crippen molar-refractivity contribution in [3.05, 3.63) is 6.20 Å². The summed E-state index contributed by atoms with van der Waals surface area (Å²) in [6.07, 6.45) is 1.48. The van der Waals surface area contributed by atoms with Gasteiger partial charge in [-0.15, -0.1) is 5.10 Å². The van der Waals surface area contributed by atoms with Gasteiger partial charge in [-0.25, -0.2) is 4.68 Å². The lowest BCUT2D eigenvalue weighted by atomic mass is 10.6. The molecular weight excluding hydrogens is 172 g/mol. The summed E-state index contributed by atoms with van der Waals surface area (Å²) in [6.45, 7) is 2.41. The van der Waals surface area contributed by atoms with Gasteiger partial charge in [-0.3, -0.25) is 4.79 Å². The number of anilines is 1. The number of aryl methyl sites for hydroxylation is 1. The fourth-order valence-electron chi connectivity index (χ4n) is 0.777. The van der Waals surface area contributed by atoms with Gasteiger partial charge < -0.3 is 10.1 Å². The predicted molar refractivity (Wildman–Crippen MR) is 46.1 cm³/mol. The highest BCUT2D eigenvalue weighted by Gasteiger charge is 2.04. The zero-order valence-electron chi connectivity index (χ0n) is 7.65. The predicted octanol–water partition coefficient (Wildman–Crippen LogP) is -0.210. The van der Waals surface area contributed by atoms with E-state index in [1.165, 1.54) is 10.9 Å². The van der Waals surface area contributed by atoms with E-state index in [-0.39, 0.29) is 12.5 Å². The molecule has 0 radical (unpaired) electrons. The first-order valence-electron chi connectivity index (χ1n) is 3.96. The minimum Gasteiger partial charge on any atom is -0.372 e. The second-order valence-electron chi connectivity index (χ2n) is 2.43. The molecule has 0 aromatic carbocycles. The van der Waals surface area contributed by atoms with Crippen LogP contribution in [-0.2, 0) is 16.6 Å². The third kappa shape index (κ3) is 2.83. The largest absolute Gasteiger partial charge is 0.372 e. The quantitative estimate of drug-likeness (QED) is 0.703. The maximum absolute atomic E-state index is 11.1. The number of ether oxygens (including phenoxy) is 1. The molecule has 13 heavy (non-hydrogen) atoms. The highest BCUT2D eigenvalue weighted by atomic mass is 16.5. The maximum atomic E-state index is 11.1. The number of carbonyl (C=O) groups is 1. The zero-order chi connectivity index (χ0) is 9.68. The Morgan fingerprint density at radius 2 is 2.54 bits per heavy atom. The van der Waals surface area contributed by atoms with E-state index < -0.39 is 0 Å². The first-order valence-corrected chi connectivity index (χ1v) is 3.96. The third-order valence-electron chi connectivity index (χ3n) is 1.42. The molecule has 0 spiro atoms. The molecular formula is C7H12N4O2. The number of rotatable bonds is 4. The van der Waals surface area contributed by atoms with E-state index in [0.717, 1.165) is 0 Å². The Hall–Kier alpha value is -1.43. The van der Waals surface area contributed by atoms with E-state index in [4.69, 9.17) is 4.74 Å². The molecule has 0 aliphatic carbocycles. The lowest BCUT2D eigenvalue weighted by Crippen LogP contribution is -2.19. The van der Waals surface area contributed by atoms with Gasteiger partial charge in [0.05, 0.1) is 6.20 Å². The van der Waals surface area contributed by atoms with E-state index in [1.807, 2.05) is 6.92 Å². The zero-order valence-corrected chi connectivity index (χ0v) is 7.65. The molecule has 0 unspecified atom stereocenters. The number of nitrogens with one attached hydrogen (secondary N) is 1. The van der Waals surface area contributed by atoms with E-state index >= 15 is 0 Å². The molecule has 0 saturated carbocycles. The van der Waals surface area contributed by atoms with Gasteiger partial charge >= 0.3 is 0 Å². The van der Waals surface area contributed by atoms with Crippen LogP contribution >= 0.6 is 0 Å². The lowest BCUT2D eigenvalue weighted by molar-refractivity contribution is -0.120. The van der Waals surface area contributed by atoms with Crippen molar-refractivity contribution >= 4 is 11.7 Å². The average molecular weight is 184 g/mol. The fourth-order valence-corrected chi connectivity index (χ4v) is 0.777. The lowest BCUT2D eigenvalue weighted by Gasteiger charge is -2.03. The van der Waals surface area contributed by atoms with Gasteiger partial charge in [0, 0.05) is 13.7 Å². The summed E-state index contributed by atoms with van der Waals surface area (Å²) in [6, 6.07) is 0. The molecule has 6 nitrogen and oxygen atoms in total. The van der Waals surface area contributed by atoms with Crippen LogP contribution in [0.5, 0.6) is 0 Å². The van der Waals surface area contributed by atoms with E-state index in [2.05, 4.69) is 15.6 Å². The summed E-state index contributed by atoms with van der Waals surface area (Å²) in [5.41, 5.74) is 0. The van der Waals surface area contributed by atoms with Crippen LogP contribution in [0.4, 0.5) is 5.82 Å². The van der Waals surface area contributed by atoms with Crippen LogP contribution in [0.25, 0.3) is 0 Å². The Balaban J connectivity index is 2.41. The Kier molecular flexibility index (Phi) is 3.39. The molecule has 0 atom stereocenters. The van der Waals surface area contributed by atoms with Crippen LogP contribution in [-0.4, -0.2) is 34.1 Å². The normalized spacial score (nSPS) is 10.0. The number of hydrogen-bond donors (Lipinski definition) is 1. The van der Waals surface area contributed by atoms with Crippen LogP contribution in [0.15, 0.2) is 6.20 Å². The fraction of sp³-hybridized carbons (Fsp3) is 0.571. The molecule has 0 aliphatic heterocycles. The molecule has 0 saturated heterocycles. The van der Waals surface area contributed by atoms with Gasteiger partial charge in [0.25, 0.3) is 5.91 Å². The second kappa shape index (κ2) is 4.56. The van der Waals surface area contributed by atoms with Crippen LogP contribution in [0, 0.1) is 0 Å². The van der Waals surface area contributed by atoms with Crippen LogP contribution < -0.4 is 5.32 Å². The monoisotopic (exact) mass is 184 g/mol. The van der Waals surface area contributed by atoms with Crippen molar-refractivity contribution in [3.8, 4) is 0 Å². The van der Waals surface area contributed by atoms with Crippen molar-refractivity contribution < 1.29 is 9.53 Å². The topological polar surface area (TPSA) is 69.0 Å². The molecule has 1 heterocycles. The molecule has 0 fully saturated rings. The second-order valence-corrected chi connectivity index (χ2v) is 2.43. The van der Waals surface area contributed by atoms with Crippen LogP contribution in [0.1, 0.15) is 6.92 Å². The summed E-state index contributed by atoms with van der Waals surface area (Å²) < 4.78 is 6.40. The third-order valence-corrected chi connectivity index (χ3v) is 1.42. The molecule has 1 amide bonds. The summed E-state index contributed by atoms with van der Waals surface area (Å²) in [7, 11) is 1.70. The van der Waals surface area contributed by atoms with Crippen molar-refractivity contribution in [2.45, 2.75) is 6.92 Å². The molecule has 6 heteroatoms. The van der Waals surface area contributed by atoms with Crippen LogP contribution in [0.2, 0.25) is 0 Å². The smallest absolute Gasteiger partial charge is 0.251 e. The Bertz CT molecular complexity index is 284. The van der Waals surface area contributed by atoms with Crippen molar-refractivity contribution in [1.29, 1.82) is 0 Å². The first-order chi connectivity index (χ1) is 6.24. The van der Waals surface area contributed by atoms with Crippen LogP contribution in [0.3, 0.4) is 0 Å². The highest BCUT2D eigenvalue weighted by Crippen LogP contribution is 1.99. The minimum absolute atomic E-state index is 0.0572.